The Kier molecular flexibility index (Phi) is 10.3. The minimum Gasteiger partial charge on any atom is -0.399 e. The van der Waals surface area contributed by atoms with Gasteiger partial charge < -0.3 is 25.5 Å². The number of carbonyl (C=O) groups is 1. The van der Waals surface area contributed by atoms with Crippen LogP contribution in [0.4, 0.5) is 17.1 Å². The van der Waals surface area contributed by atoms with Crippen LogP contribution in [0.25, 0.3) is 33.4 Å². The fraction of sp³-hybridized carbons (Fsp3) is 0.268. The number of carbonyl (C=O) groups excluding carboxylic acids is 1. The first-order chi connectivity index (χ1) is 26.5. The molecule has 1 amide bonds. The second-order valence-corrected chi connectivity index (χ2v) is 17.8. The van der Waals surface area contributed by atoms with Crippen LogP contribution < -0.4 is 16.0 Å². The summed E-state index contributed by atoms with van der Waals surface area (Å²) in [6.07, 6.45) is 3.55. The van der Waals surface area contributed by atoms with E-state index >= 15 is 0 Å². The van der Waals surface area contributed by atoms with E-state index in [2.05, 4.69) is 20.1 Å². The Morgan fingerprint density at radius 2 is 1.62 bits per heavy atom. The summed E-state index contributed by atoms with van der Waals surface area (Å²) in [6, 6.07) is 26.5. The van der Waals surface area contributed by atoms with Gasteiger partial charge >= 0.3 is 0 Å². The molecule has 55 heavy (non-hydrogen) atoms. The van der Waals surface area contributed by atoms with Gasteiger partial charge in [-0.05, 0) is 67.8 Å². The molecule has 4 aromatic carbocycles. The van der Waals surface area contributed by atoms with Gasteiger partial charge in [0.05, 0.1) is 46.6 Å². The highest BCUT2D eigenvalue weighted by molar-refractivity contribution is 7.91. The van der Waals surface area contributed by atoms with E-state index in [-0.39, 0.29) is 23.5 Å². The van der Waals surface area contributed by atoms with Gasteiger partial charge in [-0.25, -0.2) is 13.4 Å². The number of hydrogen-bond donors (Lipinski definition) is 3. The molecule has 2 fully saturated rings. The SMILES string of the molecule is CC(c1ccc(Cl)cc1Cl)n1cnc(-c2ccccc2)c1-c1c(C(=O)Nc2cc(N)ccc2N2CCC(N3CCS(=O)(=O)CC3)CC2)[nH]c2cc(Cl)ccc12. The van der Waals surface area contributed by atoms with Gasteiger partial charge in [0, 0.05) is 75.0 Å². The molecule has 1 unspecified atom stereocenters. The number of nitrogen functional groups attached to an aromatic ring is 1. The van der Waals surface area contributed by atoms with E-state index in [4.69, 9.17) is 45.5 Å². The van der Waals surface area contributed by atoms with Gasteiger partial charge in [-0.3, -0.25) is 9.69 Å². The van der Waals surface area contributed by atoms with Gasteiger partial charge in [-0.2, -0.15) is 0 Å². The molecule has 10 nitrogen and oxygen atoms in total. The third kappa shape index (κ3) is 7.56. The molecular formula is C41H40Cl3N7O3S. The molecule has 2 aliphatic heterocycles. The number of rotatable bonds is 8. The summed E-state index contributed by atoms with van der Waals surface area (Å²) in [5, 5.41) is 5.59. The van der Waals surface area contributed by atoms with Crippen LogP contribution in [0.3, 0.4) is 0 Å². The average Bonchev–Trinajstić information content (AvgIpc) is 3.77. The average molecular weight is 817 g/mol. The predicted molar refractivity (Wildman–Crippen MR) is 225 cm³/mol. The van der Waals surface area contributed by atoms with Crippen molar-refractivity contribution >= 4 is 78.5 Å². The molecule has 0 aliphatic carbocycles. The van der Waals surface area contributed by atoms with Gasteiger partial charge in [0.25, 0.3) is 5.91 Å². The van der Waals surface area contributed by atoms with E-state index in [1.807, 2.05) is 84.3 Å². The number of aromatic amines is 1. The minimum atomic E-state index is -2.95. The van der Waals surface area contributed by atoms with Crippen molar-refractivity contribution < 1.29 is 13.2 Å². The fourth-order valence-electron chi connectivity index (χ4n) is 7.96. The normalized spacial score (nSPS) is 17.1. The maximum atomic E-state index is 14.8. The molecular weight excluding hydrogens is 777 g/mol. The lowest BCUT2D eigenvalue weighted by Gasteiger charge is -2.41. The second kappa shape index (κ2) is 15.2. The lowest BCUT2D eigenvalue weighted by Crippen LogP contribution is -2.50. The van der Waals surface area contributed by atoms with Crippen LogP contribution in [0, 0.1) is 0 Å². The van der Waals surface area contributed by atoms with Crippen LogP contribution in [0.1, 0.15) is 41.9 Å². The summed E-state index contributed by atoms with van der Waals surface area (Å²) < 4.78 is 26.1. The van der Waals surface area contributed by atoms with Crippen LogP contribution in [0.5, 0.6) is 0 Å². The van der Waals surface area contributed by atoms with Crippen LogP contribution in [-0.4, -0.2) is 77.5 Å². The van der Waals surface area contributed by atoms with Crippen LogP contribution >= 0.6 is 34.8 Å². The summed E-state index contributed by atoms with van der Waals surface area (Å²) in [6.45, 7) is 4.69. The Morgan fingerprint density at radius 3 is 2.35 bits per heavy atom. The van der Waals surface area contributed by atoms with Crippen LogP contribution in [0.15, 0.2) is 91.3 Å². The summed E-state index contributed by atoms with van der Waals surface area (Å²) in [5.74, 6) is 0.0673. The molecule has 1 atom stereocenters. The van der Waals surface area contributed by atoms with Gasteiger partial charge in [0.15, 0.2) is 9.84 Å². The zero-order valence-corrected chi connectivity index (χ0v) is 33.2. The molecule has 284 valence electrons. The lowest BCUT2D eigenvalue weighted by molar-refractivity contribution is 0.102. The summed E-state index contributed by atoms with van der Waals surface area (Å²) in [7, 11) is -2.95. The molecule has 14 heteroatoms. The van der Waals surface area contributed by atoms with E-state index in [1.165, 1.54) is 0 Å². The number of amides is 1. The summed E-state index contributed by atoms with van der Waals surface area (Å²) in [5.41, 5.74) is 13.1. The molecule has 2 aromatic heterocycles. The zero-order valence-electron chi connectivity index (χ0n) is 30.1. The number of nitrogens with two attached hydrogens (primary N) is 1. The van der Waals surface area contributed by atoms with Crippen LogP contribution in [0.2, 0.25) is 15.1 Å². The first kappa shape index (κ1) is 37.4. The van der Waals surface area contributed by atoms with E-state index in [0.29, 0.717) is 68.0 Å². The first-order valence-electron chi connectivity index (χ1n) is 18.2. The number of halogens is 3. The van der Waals surface area contributed by atoms with Crippen molar-refractivity contribution in [2.75, 3.05) is 53.6 Å². The Bertz CT molecular complexity index is 2500. The molecule has 8 rings (SSSR count). The number of nitrogens with zero attached hydrogens (tertiary/aromatic N) is 4. The number of piperidine rings is 1. The van der Waals surface area contributed by atoms with Crippen LogP contribution in [-0.2, 0) is 9.84 Å². The van der Waals surface area contributed by atoms with E-state index in [1.54, 1.807) is 18.5 Å². The van der Waals surface area contributed by atoms with Gasteiger partial charge in [-0.15, -0.1) is 0 Å². The number of imidazole rings is 1. The molecule has 2 saturated heterocycles. The molecule has 0 bridgehead atoms. The highest BCUT2D eigenvalue weighted by atomic mass is 35.5. The summed E-state index contributed by atoms with van der Waals surface area (Å²) >= 11 is 19.6. The minimum absolute atomic E-state index is 0.213. The molecule has 2 aliphatic rings. The maximum Gasteiger partial charge on any atom is 0.272 e. The van der Waals surface area contributed by atoms with E-state index in [0.717, 1.165) is 53.8 Å². The van der Waals surface area contributed by atoms with Gasteiger partial charge in [-0.1, -0.05) is 77.3 Å². The number of aromatic nitrogens is 3. The summed E-state index contributed by atoms with van der Waals surface area (Å²) in [4.78, 5) is 27.7. The van der Waals surface area contributed by atoms with Crippen molar-refractivity contribution in [1.29, 1.82) is 0 Å². The highest BCUT2D eigenvalue weighted by Gasteiger charge is 2.32. The Hall–Kier alpha value is -4.52. The Balaban J connectivity index is 1.18. The lowest BCUT2D eigenvalue weighted by atomic mass is 9.99. The third-order valence-electron chi connectivity index (χ3n) is 10.9. The molecule has 0 spiro atoms. The van der Waals surface area contributed by atoms with Crippen molar-refractivity contribution in [2.24, 2.45) is 0 Å². The van der Waals surface area contributed by atoms with Gasteiger partial charge in [0.1, 0.15) is 5.69 Å². The topological polar surface area (TPSA) is 129 Å². The number of H-pyrrole nitrogens is 1. The molecule has 6 aromatic rings. The molecule has 4 N–H and O–H groups in total. The number of nitrogens with one attached hydrogen (secondary N) is 2. The van der Waals surface area contributed by atoms with E-state index < -0.39 is 9.84 Å². The first-order valence-corrected chi connectivity index (χ1v) is 21.2. The monoisotopic (exact) mass is 815 g/mol. The molecule has 0 radical (unpaired) electrons. The number of hydrogen-bond acceptors (Lipinski definition) is 7. The second-order valence-electron chi connectivity index (χ2n) is 14.3. The van der Waals surface area contributed by atoms with Crippen molar-refractivity contribution in [2.45, 2.75) is 31.8 Å². The van der Waals surface area contributed by atoms with Gasteiger partial charge in [0.2, 0.25) is 0 Å². The largest absolute Gasteiger partial charge is 0.399 e. The number of sulfone groups is 1. The van der Waals surface area contributed by atoms with Crippen molar-refractivity contribution in [3.05, 3.63) is 118 Å². The Morgan fingerprint density at radius 1 is 0.909 bits per heavy atom. The standard InChI is InChI=1S/C41H40Cl3N7O3S/c1-25(31-10-7-27(42)21-33(31)44)51-24-46-38(26-5-3-2-4-6-26)40(51)37-32-11-8-28(43)22-34(32)47-39(37)41(52)48-35-23-29(45)9-12-36(35)50-15-13-30(14-16-50)49-17-19-55(53,54)20-18-49/h2-12,21-25,30,47H,13-20,45H2,1H3,(H,48,52). The quantitative estimate of drug-likeness (QED) is 0.131. The number of benzene rings is 4. The van der Waals surface area contributed by atoms with E-state index in [9.17, 15) is 13.2 Å². The highest BCUT2D eigenvalue weighted by Crippen LogP contribution is 2.43. The maximum absolute atomic E-state index is 14.8. The molecule has 4 heterocycles. The number of anilines is 3. The molecule has 0 saturated carbocycles. The zero-order chi connectivity index (χ0) is 38.4. The van der Waals surface area contributed by atoms with Crippen molar-refractivity contribution in [3.63, 3.8) is 0 Å². The third-order valence-corrected chi connectivity index (χ3v) is 13.3. The number of fused-ring (bicyclic) bond motifs is 1. The fourth-order valence-corrected chi connectivity index (χ4v) is 9.93. The predicted octanol–water partition coefficient (Wildman–Crippen LogP) is 8.80. The Labute approximate surface area is 335 Å². The smallest absolute Gasteiger partial charge is 0.272 e. The van der Waals surface area contributed by atoms with Crippen molar-refractivity contribution in [3.8, 4) is 22.5 Å². The van der Waals surface area contributed by atoms with Crippen molar-refractivity contribution in [1.82, 2.24) is 19.4 Å².